The third-order valence-electron chi connectivity index (χ3n) is 7.41. The van der Waals surface area contributed by atoms with Gasteiger partial charge in [-0.2, -0.15) is 30.3 Å². The number of aromatic nitrogens is 11. The molecule has 0 aliphatic carbocycles. The molecule has 12 heteroatoms. The lowest BCUT2D eigenvalue weighted by molar-refractivity contribution is 0.450. The maximum Gasteiger partial charge on any atom is 0.196 e. The SMILES string of the molecule is CC(C)c1cc[nH]c1.CC(C)c1cnn(C)c1.CC(C)n1cccn1.CC(C)n1nccn1.CCn1cc(C(C)C)cn1.Cc1cnc(C(C)C)o1. The van der Waals surface area contributed by atoms with Crippen LogP contribution in [0.3, 0.4) is 0 Å². The van der Waals surface area contributed by atoms with Gasteiger partial charge in [0.1, 0.15) is 5.76 Å². The second kappa shape index (κ2) is 24.4. The van der Waals surface area contributed by atoms with Gasteiger partial charge >= 0.3 is 0 Å². The highest BCUT2D eigenvalue weighted by Crippen LogP contribution is 2.14. The van der Waals surface area contributed by atoms with Crippen molar-refractivity contribution in [3.63, 3.8) is 0 Å². The van der Waals surface area contributed by atoms with Gasteiger partial charge < -0.3 is 9.40 Å². The van der Waals surface area contributed by atoms with Gasteiger partial charge in [0.25, 0.3) is 0 Å². The van der Waals surface area contributed by atoms with Crippen molar-refractivity contribution < 1.29 is 4.42 Å². The van der Waals surface area contributed by atoms with Crippen molar-refractivity contribution in [2.45, 2.75) is 139 Å². The number of rotatable bonds is 7. The Labute approximate surface area is 313 Å². The molecular formula is C40H67N11O. The monoisotopic (exact) mass is 718 g/mol. The van der Waals surface area contributed by atoms with Crippen molar-refractivity contribution in [2.75, 3.05) is 0 Å². The highest BCUT2D eigenvalue weighted by Gasteiger charge is 2.04. The van der Waals surface area contributed by atoms with Crippen molar-refractivity contribution in [1.82, 2.24) is 54.3 Å². The molecule has 0 saturated carbocycles. The average Bonchev–Trinajstić information content (AvgIpc) is 3.95. The van der Waals surface area contributed by atoms with Gasteiger partial charge in [-0.15, -0.1) is 0 Å². The molecule has 0 amide bonds. The zero-order chi connectivity index (χ0) is 39.2. The normalized spacial score (nSPS) is 10.6. The van der Waals surface area contributed by atoms with Crippen molar-refractivity contribution >= 4 is 0 Å². The van der Waals surface area contributed by atoms with E-state index in [1.165, 1.54) is 16.7 Å². The fraction of sp³-hybridized carbons (Fsp3) is 0.550. The smallest absolute Gasteiger partial charge is 0.196 e. The number of aromatic amines is 1. The van der Waals surface area contributed by atoms with E-state index in [4.69, 9.17) is 4.42 Å². The summed E-state index contributed by atoms with van der Waals surface area (Å²) in [4.78, 5) is 8.73. The number of hydrogen-bond acceptors (Lipinski definition) is 7. The van der Waals surface area contributed by atoms with Gasteiger partial charge in [0, 0.05) is 62.7 Å². The predicted octanol–water partition coefficient (Wildman–Crippen LogP) is 10.1. The van der Waals surface area contributed by atoms with E-state index in [0.717, 1.165) is 18.2 Å². The van der Waals surface area contributed by atoms with Crippen molar-refractivity contribution in [1.29, 1.82) is 0 Å². The molecule has 6 aromatic rings. The van der Waals surface area contributed by atoms with Crippen LogP contribution >= 0.6 is 0 Å². The van der Waals surface area contributed by atoms with Crippen molar-refractivity contribution in [2.24, 2.45) is 7.05 Å². The number of hydrogen-bond donors (Lipinski definition) is 1. The summed E-state index contributed by atoms with van der Waals surface area (Å²) >= 11 is 0. The molecule has 0 spiro atoms. The number of H-pyrrole nitrogens is 1. The van der Waals surface area contributed by atoms with Crippen LogP contribution in [-0.4, -0.2) is 54.3 Å². The molecule has 0 aromatic carbocycles. The number of oxazole rings is 1. The molecule has 1 N–H and O–H groups in total. The molecule has 0 atom stereocenters. The summed E-state index contributed by atoms with van der Waals surface area (Å²) in [7, 11) is 1.94. The molecule has 0 bridgehead atoms. The molecule has 0 aliphatic rings. The molecule has 288 valence electrons. The van der Waals surface area contributed by atoms with Gasteiger partial charge in [0.15, 0.2) is 5.89 Å². The van der Waals surface area contributed by atoms with Crippen LogP contribution in [-0.2, 0) is 13.6 Å². The highest BCUT2D eigenvalue weighted by molar-refractivity contribution is 5.12. The van der Waals surface area contributed by atoms with Gasteiger partial charge in [-0.25, -0.2) is 4.98 Å². The minimum Gasteiger partial charge on any atom is -0.446 e. The zero-order valence-electron chi connectivity index (χ0n) is 34.6. The lowest BCUT2D eigenvalue weighted by atomic mass is 10.1. The first-order valence-electron chi connectivity index (χ1n) is 18.5. The Balaban J connectivity index is 0.000000313. The maximum absolute atomic E-state index is 5.23. The summed E-state index contributed by atoms with van der Waals surface area (Å²) in [6.07, 6.45) is 20.8. The van der Waals surface area contributed by atoms with E-state index in [1.54, 1.807) is 29.6 Å². The van der Waals surface area contributed by atoms with Crippen LogP contribution in [0.15, 0.2) is 84.7 Å². The van der Waals surface area contributed by atoms with E-state index >= 15 is 0 Å². The molecule has 12 nitrogen and oxygen atoms in total. The molecule has 0 unspecified atom stereocenters. The van der Waals surface area contributed by atoms with Crippen LogP contribution in [0.25, 0.3) is 0 Å². The molecule has 6 aromatic heterocycles. The van der Waals surface area contributed by atoms with Gasteiger partial charge in [-0.1, -0.05) is 55.4 Å². The molecule has 52 heavy (non-hydrogen) atoms. The molecule has 6 rings (SSSR count). The first-order chi connectivity index (χ1) is 24.5. The lowest BCUT2D eigenvalue weighted by Crippen LogP contribution is -2.03. The summed E-state index contributed by atoms with van der Waals surface area (Å²) in [6.45, 7) is 30.4. The van der Waals surface area contributed by atoms with E-state index in [1.807, 2.05) is 85.1 Å². The predicted molar refractivity (Wildman–Crippen MR) is 213 cm³/mol. The second-order valence-corrected chi connectivity index (χ2v) is 14.2. The minimum atomic E-state index is 0.380. The van der Waals surface area contributed by atoms with Crippen LogP contribution in [0, 0.1) is 6.92 Å². The second-order valence-electron chi connectivity index (χ2n) is 14.2. The Hall–Kier alpha value is -4.74. The Bertz CT molecular complexity index is 1520. The molecule has 0 aliphatic heterocycles. The number of aryl methyl sites for hydroxylation is 3. The highest BCUT2D eigenvalue weighted by atomic mass is 16.4. The van der Waals surface area contributed by atoms with Crippen LogP contribution in [0.1, 0.15) is 154 Å². The molecular weight excluding hydrogens is 651 g/mol. The third kappa shape index (κ3) is 18.5. The fourth-order valence-electron chi connectivity index (χ4n) is 4.00. The standard InChI is InChI=1S/C8H14N2.C7H12N2.C7H11NO.C7H11N.C6H10N2.C5H9N3/c1-4-10-6-8(5-9-10)7(2)3;1-6(2)7-4-8-9(3)5-7;1-5(2)7-8-4-6(3)9-7;1-6(2)7-3-4-8-5-7;1-6(2)8-5-3-4-7-8;1-5(2)8-6-3-4-7-8/h5-7H,4H2,1-3H3;4-6H,1-3H3;4-5H,1-3H3;3-6,8H,1-2H3;3-6H,1-2H3;3-5H,1-2H3. The Morgan fingerprint density at radius 2 is 1.27 bits per heavy atom. The summed E-state index contributed by atoms with van der Waals surface area (Å²) in [6, 6.07) is 4.90. The van der Waals surface area contributed by atoms with E-state index in [0.29, 0.717) is 35.8 Å². The molecule has 6 heterocycles. The molecule has 0 radical (unpaired) electrons. The van der Waals surface area contributed by atoms with Crippen molar-refractivity contribution in [3.8, 4) is 0 Å². The first kappa shape index (κ1) is 45.3. The largest absolute Gasteiger partial charge is 0.446 e. The van der Waals surface area contributed by atoms with Gasteiger partial charge in [-0.3, -0.25) is 14.0 Å². The average molecular weight is 718 g/mol. The van der Waals surface area contributed by atoms with Gasteiger partial charge in [-0.05, 0) is 88.1 Å². The third-order valence-corrected chi connectivity index (χ3v) is 7.41. The minimum absolute atomic E-state index is 0.380. The van der Waals surface area contributed by atoms with Crippen LogP contribution in [0.4, 0.5) is 0 Å². The van der Waals surface area contributed by atoms with Crippen LogP contribution in [0.5, 0.6) is 0 Å². The lowest BCUT2D eigenvalue weighted by Gasteiger charge is -2.01. The summed E-state index contributed by atoms with van der Waals surface area (Å²) in [5.41, 5.74) is 4.00. The zero-order valence-corrected chi connectivity index (χ0v) is 34.6. The van der Waals surface area contributed by atoms with Gasteiger partial charge in [0.05, 0.1) is 37.0 Å². The summed E-state index contributed by atoms with van der Waals surface area (Å²) in [5.74, 6) is 3.96. The molecule has 0 saturated heterocycles. The maximum atomic E-state index is 5.23. The van der Waals surface area contributed by atoms with E-state index < -0.39 is 0 Å². The van der Waals surface area contributed by atoms with Crippen molar-refractivity contribution in [3.05, 3.63) is 109 Å². The Kier molecular flexibility index (Phi) is 21.3. The summed E-state index contributed by atoms with van der Waals surface area (Å²) < 4.78 is 10.9. The van der Waals surface area contributed by atoms with Crippen LogP contribution < -0.4 is 0 Å². The Morgan fingerprint density at radius 3 is 1.52 bits per heavy atom. The fourth-order valence-corrected chi connectivity index (χ4v) is 4.00. The first-order valence-corrected chi connectivity index (χ1v) is 18.5. The Morgan fingerprint density at radius 1 is 0.673 bits per heavy atom. The van der Waals surface area contributed by atoms with E-state index in [9.17, 15) is 0 Å². The number of nitrogens with one attached hydrogen (secondary N) is 1. The van der Waals surface area contributed by atoms with E-state index in [2.05, 4.69) is 124 Å². The van der Waals surface area contributed by atoms with E-state index in [-0.39, 0.29) is 0 Å². The quantitative estimate of drug-likeness (QED) is 0.174. The van der Waals surface area contributed by atoms with Crippen LogP contribution in [0.2, 0.25) is 0 Å². The number of nitrogens with zero attached hydrogens (tertiary/aromatic N) is 10. The molecule has 0 fully saturated rings. The topological polar surface area (TPSA) is 126 Å². The van der Waals surface area contributed by atoms with Gasteiger partial charge in [0.2, 0.25) is 0 Å². The summed E-state index contributed by atoms with van der Waals surface area (Å²) in [5, 5.41) is 20.1.